The van der Waals surface area contributed by atoms with Gasteiger partial charge in [-0.05, 0) is 56.7 Å². The Morgan fingerprint density at radius 1 is 0.970 bits per heavy atom. The summed E-state index contributed by atoms with van der Waals surface area (Å²) >= 11 is 0. The molecule has 1 atom stereocenters. The highest BCUT2D eigenvalue weighted by Crippen LogP contribution is 2.27. The number of hydrogen-bond acceptors (Lipinski definition) is 4. The number of fused-ring (bicyclic) bond motifs is 1. The highest BCUT2D eigenvalue weighted by molar-refractivity contribution is 5.95. The van der Waals surface area contributed by atoms with Crippen molar-refractivity contribution in [3.05, 3.63) is 89.7 Å². The number of hydrogen-bond donors (Lipinski definition) is 1. The molecule has 4 aromatic rings. The molecular weight excluding hydrogens is 414 g/mol. The van der Waals surface area contributed by atoms with E-state index < -0.39 is 0 Å². The monoisotopic (exact) mass is 443 g/mol. The predicted molar refractivity (Wildman–Crippen MR) is 130 cm³/mol. The van der Waals surface area contributed by atoms with E-state index >= 15 is 0 Å². The van der Waals surface area contributed by atoms with E-state index in [4.69, 9.17) is 14.5 Å². The van der Waals surface area contributed by atoms with Gasteiger partial charge >= 0.3 is 0 Å². The zero-order valence-corrected chi connectivity index (χ0v) is 19.2. The van der Waals surface area contributed by atoms with E-state index in [9.17, 15) is 4.79 Å². The van der Waals surface area contributed by atoms with Crippen LogP contribution < -0.4 is 14.8 Å². The minimum absolute atomic E-state index is 0.110. The first kappa shape index (κ1) is 22.4. The average molecular weight is 444 g/mol. The quantitative estimate of drug-likeness (QED) is 0.381. The number of imidazole rings is 1. The molecule has 170 valence electrons. The summed E-state index contributed by atoms with van der Waals surface area (Å²) in [5, 5.41) is 3.11. The standard InChI is InChI=1S/C27H29N3O3/c1-4-32-24-15-9-10-16-25(24)33-18-17-30-23-14-8-7-13-22(23)29-26(30)20(3)28-27(31)21-12-6-5-11-19(21)2/h5-16,20H,4,17-18H2,1-3H3,(H,28,31). The van der Waals surface area contributed by atoms with Gasteiger partial charge in [-0.15, -0.1) is 0 Å². The van der Waals surface area contributed by atoms with Crippen LogP contribution in [0, 0.1) is 6.92 Å². The Kier molecular flexibility index (Phi) is 6.93. The second-order valence-electron chi connectivity index (χ2n) is 7.85. The zero-order valence-electron chi connectivity index (χ0n) is 19.2. The highest BCUT2D eigenvalue weighted by atomic mass is 16.5. The van der Waals surface area contributed by atoms with E-state index in [1.807, 2.05) is 93.6 Å². The van der Waals surface area contributed by atoms with Crippen molar-refractivity contribution in [3.63, 3.8) is 0 Å². The van der Waals surface area contributed by atoms with Gasteiger partial charge in [-0.3, -0.25) is 4.79 Å². The van der Waals surface area contributed by atoms with Gasteiger partial charge in [0.2, 0.25) is 0 Å². The molecule has 0 aliphatic carbocycles. The van der Waals surface area contributed by atoms with E-state index in [-0.39, 0.29) is 11.9 Å². The number of aryl methyl sites for hydroxylation is 1. The third-order valence-corrected chi connectivity index (χ3v) is 5.53. The molecule has 0 saturated heterocycles. The summed E-state index contributed by atoms with van der Waals surface area (Å²) in [6.07, 6.45) is 0. The first-order valence-electron chi connectivity index (χ1n) is 11.2. The van der Waals surface area contributed by atoms with Gasteiger partial charge in [-0.1, -0.05) is 42.5 Å². The number of carbonyl (C=O) groups is 1. The third kappa shape index (κ3) is 5.00. The molecule has 0 aliphatic heterocycles. The fraction of sp³-hybridized carbons (Fsp3) is 0.259. The topological polar surface area (TPSA) is 65.4 Å². The molecule has 6 nitrogen and oxygen atoms in total. The van der Waals surface area contributed by atoms with Crippen molar-refractivity contribution in [2.24, 2.45) is 0 Å². The van der Waals surface area contributed by atoms with E-state index in [0.717, 1.165) is 28.2 Å². The van der Waals surface area contributed by atoms with Crippen LogP contribution in [-0.4, -0.2) is 28.7 Å². The van der Waals surface area contributed by atoms with Crippen LogP contribution in [0.25, 0.3) is 11.0 Å². The lowest BCUT2D eigenvalue weighted by molar-refractivity contribution is 0.0937. The van der Waals surface area contributed by atoms with E-state index in [2.05, 4.69) is 9.88 Å². The van der Waals surface area contributed by atoms with Crippen molar-refractivity contribution in [3.8, 4) is 11.5 Å². The van der Waals surface area contributed by atoms with Crippen molar-refractivity contribution in [2.45, 2.75) is 33.4 Å². The van der Waals surface area contributed by atoms with Crippen LogP contribution in [0.5, 0.6) is 11.5 Å². The van der Waals surface area contributed by atoms with Crippen LogP contribution in [0.3, 0.4) is 0 Å². The SMILES string of the molecule is CCOc1ccccc1OCCn1c(C(C)NC(=O)c2ccccc2C)nc2ccccc21. The van der Waals surface area contributed by atoms with Gasteiger partial charge in [0.25, 0.3) is 5.91 Å². The number of aromatic nitrogens is 2. The van der Waals surface area contributed by atoms with Gasteiger partial charge in [0.1, 0.15) is 12.4 Å². The molecule has 4 rings (SSSR count). The minimum Gasteiger partial charge on any atom is -0.490 e. The van der Waals surface area contributed by atoms with Crippen molar-refractivity contribution in [2.75, 3.05) is 13.2 Å². The number of nitrogens with one attached hydrogen (secondary N) is 1. The van der Waals surface area contributed by atoms with Crippen molar-refractivity contribution < 1.29 is 14.3 Å². The summed E-state index contributed by atoms with van der Waals surface area (Å²) in [4.78, 5) is 17.7. The lowest BCUT2D eigenvalue weighted by Gasteiger charge is -2.18. The Labute approximate surface area is 194 Å². The number of benzene rings is 3. The number of ether oxygens (including phenoxy) is 2. The summed E-state index contributed by atoms with van der Waals surface area (Å²) in [5.74, 6) is 2.13. The number of rotatable bonds is 9. The van der Waals surface area contributed by atoms with Gasteiger partial charge in [0.15, 0.2) is 11.5 Å². The first-order chi connectivity index (χ1) is 16.1. The normalized spacial score (nSPS) is 11.8. The Bertz CT molecular complexity index is 1250. The van der Waals surface area contributed by atoms with Gasteiger partial charge in [0.05, 0.1) is 30.2 Å². The molecule has 1 unspecified atom stereocenters. The molecule has 6 heteroatoms. The van der Waals surface area contributed by atoms with Gasteiger partial charge in [-0.25, -0.2) is 4.98 Å². The molecule has 33 heavy (non-hydrogen) atoms. The molecule has 0 aliphatic rings. The lowest BCUT2D eigenvalue weighted by Crippen LogP contribution is -2.29. The Morgan fingerprint density at radius 3 is 2.39 bits per heavy atom. The largest absolute Gasteiger partial charge is 0.490 e. The summed E-state index contributed by atoms with van der Waals surface area (Å²) in [7, 11) is 0. The maximum atomic E-state index is 12.9. The Hall–Kier alpha value is -3.80. The van der Waals surface area contributed by atoms with Crippen LogP contribution >= 0.6 is 0 Å². The molecule has 3 aromatic carbocycles. The first-order valence-corrected chi connectivity index (χ1v) is 11.2. The molecule has 1 amide bonds. The van der Waals surface area contributed by atoms with Gasteiger partial charge in [-0.2, -0.15) is 0 Å². The molecular formula is C27H29N3O3. The maximum Gasteiger partial charge on any atom is 0.252 e. The van der Waals surface area contributed by atoms with E-state index in [1.54, 1.807) is 0 Å². The molecule has 1 aromatic heterocycles. The predicted octanol–water partition coefficient (Wildman–Crippen LogP) is 5.31. The summed E-state index contributed by atoms with van der Waals surface area (Å²) in [6.45, 7) is 7.45. The highest BCUT2D eigenvalue weighted by Gasteiger charge is 2.20. The van der Waals surface area contributed by atoms with Gasteiger partial charge < -0.3 is 19.4 Å². The minimum atomic E-state index is -0.278. The summed E-state index contributed by atoms with van der Waals surface area (Å²) < 4.78 is 13.8. The van der Waals surface area contributed by atoms with Crippen molar-refractivity contribution >= 4 is 16.9 Å². The molecule has 0 radical (unpaired) electrons. The van der Waals surface area contributed by atoms with E-state index in [1.165, 1.54) is 0 Å². The number of carbonyl (C=O) groups excluding carboxylic acids is 1. The molecule has 0 saturated carbocycles. The summed E-state index contributed by atoms with van der Waals surface area (Å²) in [6, 6.07) is 22.9. The fourth-order valence-corrected chi connectivity index (χ4v) is 3.92. The number of nitrogens with zero attached hydrogens (tertiary/aromatic N) is 2. The summed E-state index contributed by atoms with van der Waals surface area (Å²) in [5.41, 5.74) is 3.50. The molecule has 0 bridgehead atoms. The zero-order chi connectivity index (χ0) is 23.2. The van der Waals surface area contributed by atoms with Gasteiger partial charge in [0, 0.05) is 5.56 Å². The Morgan fingerprint density at radius 2 is 1.64 bits per heavy atom. The van der Waals surface area contributed by atoms with Crippen LogP contribution in [0.4, 0.5) is 0 Å². The lowest BCUT2D eigenvalue weighted by atomic mass is 10.1. The number of amides is 1. The van der Waals surface area contributed by atoms with E-state index in [0.29, 0.717) is 31.1 Å². The molecule has 0 fully saturated rings. The molecule has 1 heterocycles. The molecule has 1 N–H and O–H groups in total. The van der Waals surface area contributed by atoms with Crippen LogP contribution in [0.2, 0.25) is 0 Å². The third-order valence-electron chi connectivity index (χ3n) is 5.53. The average Bonchev–Trinajstić information content (AvgIpc) is 3.19. The van der Waals surface area contributed by atoms with Crippen molar-refractivity contribution in [1.29, 1.82) is 0 Å². The molecule has 0 spiro atoms. The smallest absolute Gasteiger partial charge is 0.252 e. The van der Waals surface area contributed by atoms with Crippen molar-refractivity contribution in [1.82, 2.24) is 14.9 Å². The fourth-order valence-electron chi connectivity index (χ4n) is 3.92. The second kappa shape index (κ2) is 10.2. The van der Waals surface area contributed by atoms with Crippen LogP contribution in [0.15, 0.2) is 72.8 Å². The van der Waals surface area contributed by atoms with Crippen LogP contribution in [-0.2, 0) is 6.54 Å². The van der Waals surface area contributed by atoms with Crippen LogP contribution in [0.1, 0.15) is 41.6 Å². The second-order valence-corrected chi connectivity index (χ2v) is 7.85. The Balaban J connectivity index is 1.54. The maximum absolute atomic E-state index is 12.9. The number of para-hydroxylation sites is 4.